The number of aliphatic hydroxyl groups excluding tert-OH is 4. The predicted octanol–water partition coefficient (Wildman–Crippen LogP) is -2.60. The van der Waals surface area contributed by atoms with Crippen LogP contribution in [0.2, 0.25) is 0 Å². The van der Waals surface area contributed by atoms with E-state index < -0.39 is 37.1 Å². The Bertz CT molecular complexity index is 211. The second-order valence-electron chi connectivity index (χ2n) is 2.47. The summed E-state index contributed by atoms with van der Waals surface area (Å²) in [5.41, 5.74) is 0. The molecule has 0 amide bonds. The lowest BCUT2D eigenvalue weighted by atomic mass is 9.95. The van der Waals surface area contributed by atoms with Gasteiger partial charge in [0.25, 0.3) is 0 Å². The zero-order chi connectivity index (χ0) is 10.4. The molecule has 13 heavy (non-hydrogen) atoms. The number of hydrogen-bond donors (Lipinski definition) is 4. The first-order valence-corrected chi connectivity index (χ1v) is 3.58. The fourth-order valence-electron chi connectivity index (χ4n) is 0.767. The maximum atomic E-state index is 10.8. The van der Waals surface area contributed by atoms with E-state index in [0.29, 0.717) is 0 Å². The van der Waals surface area contributed by atoms with Gasteiger partial charge < -0.3 is 20.4 Å². The minimum Gasteiger partial charge on any atom is -0.394 e. The summed E-state index contributed by atoms with van der Waals surface area (Å²) in [6, 6.07) is 1.44. The van der Waals surface area contributed by atoms with Crippen molar-refractivity contribution in [3.63, 3.8) is 0 Å². The van der Waals surface area contributed by atoms with Crippen molar-refractivity contribution in [3.8, 4) is 6.07 Å². The molecule has 3 atom stereocenters. The van der Waals surface area contributed by atoms with Crippen LogP contribution in [0.4, 0.5) is 0 Å². The van der Waals surface area contributed by atoms with E-state index in [1.807, 2.05) is 0 Å². The van der Waals surface area contributed by atoms with Crippen molar-refractivity contribution in [1.29, 1.82) is 5.26 Å². The quantitative estimate of drug-likeness (QED) is 0.376. The van der Waals surface area contributed by atoms with Gasteiger partial charge in [0.2, 0.25) is 0 Å². The van der Waals surface area contributed by atoms with Crippen molar-refractivity contribution in [2.75, 3.05) is 13.2 Å². The van der Waals surface area contributed by atoms with E-state index in [4.69, 9.17) is 25.7 Å². The van der Waals surface area contributed by atoms with Crippen LogP contribution in [0.25, 0.3) is 0 Å². The highest BCUT2D eigenvalue weighted by atomic mass is 16.4. The van der Waals surface area contributed by atoms with Crippen molar-refractivity contribution in [2.24, 2.45) is 5.92 Å². The zero-order valence-corrected chi connectivity index (χ0v) is 6.79. The number of aliphatic hydroxyl groups is 4. The highest BCUT2D eigenvalue weighted by molar-refractivity contribution is 5.84. The molecular formula is C7H11NO5. The number of nitrogens with zero attached hydrogens (tertiary/aromatic N) is 1. The Hall–Kier alpha value is -1.00. The van der Waals surface area contributed by atoms with Gasteiger partial charge in [-0.05, 0) is 0 Å². The number of carbonyl (C=O) groups is 1. The molecule has 0 aliphatic heterocycles. The maximum absolute atomic E-state index is 10.8. The minimum atomic E-state index is -1.67. The Kier molecular flexibility index (Phi) is 5.18. The van der Waals surface area contributed by atoms with Crippen LogP contribution < -0.4 is 0 Å². The first kappa shape index (κ1) is 12.0. The van der Waals surface area contributed by atoms with Crippen LogP contribution in [0.15, 0.2) is 0 Å². The Balaban J connectivity index is 4.42. The molecular weight excluding hydrogens is 178 g/mol. The summed E-state index contributed by atoms with van der Waals surface area (Å²) in [5, 5.41) is 43.2. The van der Waals surface area contributed by atoms with Gasteiger partial charge >= 0.3 is 0 Å². The Morgan fingerprint density at radius 3 is 2.23 bits per heavy atom. The number of carbonyl (C=O) groups excluding carboxylic acids is 1. The van der Waals surface area contributed by atoms with Crippen LogP contribution in [-0.2, 0) is 4.79 Å². The molecule has 74 valence electrons. The van der Waals surface area contributed by atoms with Gasteiger partial charge in [0, 0.05) is 0 Å². The topological polar surface area (TPSA) is 122 Å². The van der Waals surface area contributed by atoms with Gasteiger partial charge in [-0.15, -0.1) is 0 Å². The van der Waals surface area contributed by atoms with Crippen LogP contribution in [0.1, 0.15) is 0 Å². The smallest absolute Gasteiger partial charge is 0.178 e. The molecule has 0 fully saturated rings. The molecule has 0 aromatic carbocycles. The monoisotopic (exact) mass is 189 g/mol. The normalized spacial score (nSPS) is 17.2. The number of ketones is 1. The van der Waals surface area contributed by atoms with Gasteiger partial charge in [0.05, 0.1) is 12.7 Å². The third-order valence-corrected chi connectivity index (χ3v) is 1.56. The van der Waals surface area contributed by atoms with Crippen LogP contribution in [0, 0.1) is 17.2 Å². The highest BCUT2D eigenvalue weighted by Gasteiger charge is 2.30. The summed E-state index contributed by atoms with van der Waals surface area (Å²) in [4.78, 5) is 10.8. The molecule has 4 N–H and O–H groups in total. The summed E-state index contributed by atoms with van der Waals surface area (Å²) in [7, 11) is 0. The van der Waals surface area contributed by atoms with Crippen LogP contribution in [0.5, 0.6) is 0 Å². The first-order chi connectivity index (χ1) is 6.08. The molecule has 0 unspecified atom stereocenters. The van der Waals surface area contributed by atoms with E-state index in [9.17, 15) is 4.79 Å². The summed E-state index contributed by atoms with van der Waals surface area (Å²) in [6.45, 7) is -1.63. The number of hydrogen-bond acceptors (Lipinski definition) is 6. The van der Waals surface area contributed by atoms with E-state index in [1.54, 1.807) is 0 Å². The number of rotatable bonds is 5. The zero-order valence-electron chi connectivity index (χ0n) is 6.79. The Labute approximate surface area is 74.7 Å². The molecule has 0 aliphatic rings. The Morgan fingerprint density at radius 2 is 1.92 bits per heavy atom. The molecule has 0 heterocycles. The SMILES string of the molecule is N#C[C@@H](C(=O)CO)[C@@H](O)[C@H](O)CO. The maximum Gasteiger partial charge on any atom is 0.178 e. The third-order valence-electron chi connectivity index (χ3n) is 1.56. The molecule has 0 spiro atoms. The molecule has 0 rings (SSSR count). The number of Topliss-reactive ketones (excluding diaryl/α,β-unsaturated/α-hetero) is 1. The average Bonchev–Trinajstić information content (AvgIpc) is 2.17. The molecule has 0 aromatic heterocycles. The predicted molar refractivity (Wildman–Crippen MR) is 40.3 cm³/mol. The second kappa shape index (κ2) is 5.61. The lowest BCUT2D eigenvalue weighted by Gasteiger charge is -2.18. The van der Waals surface area contributed by atoms with Crippen molar-refractivity contribution in [3.05, 3.63) is 0 Å². The molecule has 6 nitrogen and oxygen atoms in total. The van der Waals surface area contributed by atoms with Crippen LogP contribution in [0.3, 0.4) is 0 Å². The Morgan fingerprint density at radius 1 is 1.38 bits per heavy atom. The molecule has 6 heteroatoms. The lowest BCUT2D eigenvalue weighted by molar-refractivity contribution is -0.130. The van der Waals surface area contributed by atoms with Crippen LogP contribution in [-0.4, -0.2) is 51.6 Å². The number of nitriles is 1. The van der Waals surface area contributed by atoms with Crippen molar-refractivity contribution < 1.29 is 25.2 Å². The summed E-state index contributed by atoms with van der Waals surface area (Å²) in [6.07, 6.45) is -3.23. The van der Waals surface area contributed by atoms with Crippen molar-refractivity contribution >= 4 is 5.78 Å². The highest BCUT2D eigenvalue weighted by Crippen LogP contribution is 2.08. The molecule has 0 radical (unpaired) electrons. The second-order valence-corrected chi connectivity index (χ2v) is 2.47. The molecule has 0 bridgehead atoms. The molecule has 0 saturated carbocycles. The van der Waals surface area contributed by atoms with Crippen molar-refractivity contribution in [2.45, 2.75) is 12.2 Å². The fourth-order valence-corrected chi connectivity index (χ4v) is 0.767. The van der Waals surface area contributed by atoms with E-state index in [0.717, 1.165) is 0 Å². The van der Waals surface area contributed by atoms with Gasteiger partial charge in [-0.2, -0.15) is 5.26 Å². The summed E-state index contributed by atoms with van der Waals surface area (Å²) >= 11 is 0. The van der Waals surface area contributed by atoms with Gasteiger partial charge in [0.1, 0.15) is 24.7 Å². The molecule has 0 aliphatic carbocycles. The largest absolute Gasteiger partial charge is 0.394 e. The average molecular weight is 189 g/mol. The van der Waals surface area contributed by atoms with Gasteiger partial charge in [-0.1, -0.05) is 0 Å². The van der Waals surface area contributed by atoms with E-state index in [-0.39, 0.29) is 0 Å². The van der Waals surface area contributed by atoms with Crippen LogP contribution >= 0.6 is 0 Å². The van der Waals surface area contributed by atoms with E-state index in [1.165, 1.54) is 6.07 Å². The van der Waals surface area contributed by atoms with Crippen molar-refractivity contribution in [1.82, 2.24) is 0 Å². The third kappa shape index (κ3) is 3.08. The van der Waals surface area contributed by atoms with Gasteiger partial charge in [0.15, 0.2) is 5.78 Å². The molecule has 0 aromatic rings. The van der Waals surface area contributed by atoms with E-state index in [2.05, 4.69) is 0 Å². The molecule has 0 saturated heterocycles. The minimum absolute atomic E-state index is 0.752. The summed E-state index contributed by atoms with van der Waals surface area (Å²) in [5.74, 6) is -2.39. The van der Waals surface area contributed by atoms with Gasteiger partial charge in [-0.3, -0.25) is 4.79 Å². The summed E-state index contributed by atoms with van der Waals surface area (Å²) < 4.78 is 0. The standard InChI is InChI=1S/C7H11NO5/c8-1-4(5(11)2-9)7(13)6(12)3-10/h4,6-7,9-10,12-13H,2-3H2/t4-,6+,7+/m0/s1. The van der Waals surface area contributed by atoms with E-state index >= 15 is 0 Å². The first-order valence-electron chi connectivity index (χ1n) is 3.58. The van der Waals surface area contributed by atoms with Gasteiger partial charge in [-0.25, -0.2) is 0 Å². The fraction of sp³-hybridized carbons (Fsp3) is 0.714. The lowest BCUT2D eigenvalue weighted by Crippen LogP contribution is -2.40.